The van der Waals surface area contributed by atoms with Gasteiger partial charge in [0, 0.05) is 0 Å². The van der Waals surface area contributed by atoms with Crippen molar-refractivity contribution in [3.63, 3.8) is 0 Å². The molecule has 3 N–H and O–H groups in total. The van der Waals surface area contributed by atoms with Crippen LogP contribution >= 0.6 is 11.8 Å². The molecule has 0 fully saturated rings. The van der Waals surface area contributed by atoms with Crippen molar-refractivity contribution in [3.05, 3.63) is 35.0 Å². The number of thioether (sulfide) groups is 1. The van der Waals surface area contributed by atoms with Gasteiger partial charge in [-0.25, -0.2) is 9.48 Å². The smallest absolute Gasteiger partial charge is 0.344 e. The number of esters is 1. The Morgan fingerprint density at radius 3 is 2.64 bits per heavy atom. The first-order valence-electron chi connectivity index (χ1n) is 6.35. The summed E-state index contributed by atoms with van der Waals surface area (Å²) in [5.41, 5.74) is 6.84. The number of nitrogens with zero attached hydrogens (tertiary/aromatic N) is 3. The lowest BCUT2D eigenvalue weighted by atomic mass is 10.3. The molecule has 0 atom stereocenters. The highest BCUT2D eigenvalue weighted by Crippen LogP contribution is 2.28. The summed E-state index contributed by atoms with van der Waals surface area (Å²) in [5, 5.41) is 24.1. The van der Waals surface area contributed by atoms with Crippen LogP contribution in [0.5, 0.6) is 0 Å². The summed E-state index contributed by atoms with van der Waals surface area (Å²) in [7, 11) is 0. The van der Waals surface area contributed by atoms with E-state index < -0.39 is 5.97 Å². The van der Waals surface area contributed by atoms with E-state index in [-0.39, 0.29) is 28.9 Å². The molecule has 8 nitrogen and oxygen atoms in total. The first kappa shape index (κ1) is 16.1. The largest absolute Gasteiger partial charge is 0.733 e. The second-order valence-electron chi connectivity index (χ2n) is 4.19. The molecular weight excluding hydrogens is 308 g/mol. The molecular formula is C13H15N4O4S-. The molecule has 1 heterocycles. The molecule has 0 bridgehead atoms. The molecule has 2 rings (SSSR count). The topological polar surface area (TPSA) is 117 Å². The SMILES string of the molecule is CCOC(=O)c1c(SC)nn(-c2ccc(N([O-])O)cc2)c1N. The van der Waals surface area contributed by atoms with Crippen molar-refractivity contribution in [1.82, 2.24) is 9.78 Å². The Balaban J connectivity index is 2.45. The zero-order valence-electron chi connectivity index (χ0n) is 12.0. The Kier molecular flexibility index (Phi) is 4.91. The van der Waals surface area contributed by atoms with E-state index in [1.807, 2.05) is 0 Å². The molecule has 1 aromatic heterocycles. The second kappa shape index (κ2) is 6.69. The minimum absolute atomic E-state index is 0.0742. The summed E-state index contributed by atoms with van der Waals surface area (Å²) in [6.45, 7) is 1.95. The molecule has 0 spiro atoms. The van der Waals surface area contributed by atoms with Gasteiger partial charge in [0.25, 0.3) is 0 Å². The van der Waals surface area contributed by atoms with Gasteiger partial charge in [-0.1, -0.05) is 0 Å². The Bertz CT molecular complexity index is 669. The molecule has 2 aromatic rings. The summed E-state index contributed by atoms with van der Waals surface area (Å²) < 4.78 is 6.37. The van der Waals surface area contributed by atoms with Gasteiger partial charge in [0.2, 0.25) is 0 Å². The number of carbonyl (C=O) groups is 1. The van der Waals surface area contributed by atoms with E-state index in [1.54, 1.807) is 25.3 Å². The van der Waals surface area contributed by atoms with Crippen LogP contribution in [0.3, 0.4) is 0 Å². The maximum atomic E-state index is 12.0. The van der Waals surface area contributed by atoms with Crippen LogP contribution in [-0.4, -0.2) is 33.8 Å². The van der Waals surface area contributed by atoms with Gasteiger partial charge in [-0.3, -0.25) is 5.21 Å². The molecule has 0 radical (unpaired) electrons. The average molecular weight is 323 g/mol. The minimum Gasteiger partial charge on any atom is -0.733 e. The highest BCUT2D eigenvalue weighted by Gasteiger charge is 2.23. The summed E-state index contributed by atoms with van der Waals surface area (Å²) >= 11 is 1.28. The number of anilines is 2. The van der Waals surface area contributed by atoms with Crippen LogP contribution in [0.2, 0.25) is 0 Å². The number of ether oxygens (including phenoxy) is 1. The van der Waals surface area contributed by atoms with Crippen molar-refractivity contribution in [3.8, 4) is 5.69 Å². The van der Waals surface area contributed by atoms with E-state index >= 15 is 0 Å². The predicted molar refractivity (Wildman–Crippen MR) is 83.3 cm³/mol. The van der Waals surface area contributed by atoms with Crippen LogP contribution in [0, 0.1) is 5.21 Å². The van der Waals surface area contributed by atoms with Crippen LogP contribution in [0.25, 0.3) is 5.69 Å². The van der Waals surface area contributed by atoms with Gasteiger partial charge in [0.05, 0.1) is 18.0 Å². The third-order valence-electron chi connectivity index (χ3n) is 2.88. The third kappa shape index (κ3) is 3.01. The van der Waals surface area contributed by atoms with E-state index in [9.17, 15) is 10.0 Å². The number of carbonyl (C=O) groups excluding carboxylic acids is 1. The fourth-order valence-corrected chi connectivity index (χ4v) is 2.42. The van der Waals surface area contributed by atoms with Crippen molar-refractivity contribution in [2.24, 2.45) is 0 Å². The Morgan fingerprint density at radius 1 is 1.50 bits per heavy atom. The van der Waals surface area contributed by atoms with Crippen molar-refractivity contribution >= 4 is 29.2 Å². The molecule has 0 aliphatic heterocycles. The van der Waals surface area contributed by atoms with E-state index in [1.165, 1.54) is 28.6 Å². The number of rotatable bonds is 5. The Labute approximate surface area is 131 Å². The van der Waals surface area contributed by atoms with Crippen LogP contribution in [0.1, 0.15) is 17.3 Å². The average Bonchev–Trinajstić information content (AvgIpc) is 2.84. The van der Waals surface area contributed by atoms with Gasteiger partial charge in [-0.2, -0.15) is 5.10 Å². The first-order valence-corrected chi connectivity index (χ1v) is 7.58. The van der Waals surface area contributed by atoms with Gasteiger partial charge in [0.1, 0.15) is 16.4 Å². The standard InChI is InChI=1S/C13H15N4O4S/c1-3-21-13(18)10-11(14)16(15-12(10)22-2)8-4-6-9(7-5-8)17(19)20/h4-7,19H,3,14H2,1-2H3/q-1. The number of hydrogen-bond acceptors (Lipinski definition) is 8. The molecule has 0 aliphatic rings. The lowest BCUT2D eigenvalue weighted by Crippen LogP contribution is -2.10. The maximum absolute atomic E-state index is 12.0. The normalized spacial score (nSPS) is 10.5. The summed E-state index contributed by atoms with van der Waals surface area (Å²) in [6, 6.07) is 5.93. The highest BCUT2D eigenvalue weighted by molar-refractivity contribution is 7.98. The monoisotopic (exact) mass is 323 g/mol. The number of nitrogen functional groups attached to an aromatic ring is 1. The molecule has 0 saturated carbocycles. The maximum Gasteiger partial charge on any atom is 0.344 e. The Morgan fingerprint density at radius 2 is 2.14 bits per heavy atom. The predicted octanol–water partition coefficient (Wildman–Crippen LogP) is 2.05. The lowest BCUT2D eigenvalue weighted by Gasteiger charge is -2.21. The zero-order chi connectivity index (χ0) is 16.3. The van der Waals surface area contributed by atoms with Gasteiger partial charge in [0.15, 0.2) is 0 Å². The fourth-order valence-electron chi connectivity index (χ4n) is 1.87. The molecule has 0 aliphatic carbocycles. The van der Waals surface area contributed by atoms with Gasteiger partial charge in [-0.15, -0.1) is 11.8 Å². The van der Waals surface area contributed by atoms with E-state index in [0.717, 1.165) is 0 Å². The molecule has 118 valence electrons. The number of benzene rings is 1. The molecule has 9 heteroatoms. The van der Waals surface area contributed by atoms with Crippen LogP contribution in [-0.2, 0) is 4.74 Å². The van der Waals surface area contributed by atoms with Crippen molar-refractivity contribution < 1.29 is 14.7 Å². The number of hydrogen-bond donors (Lipinski definition) is 2. The first-order chi connectivity index (χ1) is 10.5. The Hall–Kier alpha value is -2.23. The van der Waals surface area contributed by atoms with Gasteiger partial charge < -0.3 is 20.9 Å². The quantitative estimate of drug-likeness (QED) is 0.488. The summed E-state index contributed by atoms with van der Waals surface area (Å²) in [6.07, 6.45) is 1.78. The lowest BCUT2D eigenvalue weighted by molar-refractivity contribution is 0.0523. The van der Waals surface area contributed by atoms with E-state index in [2.05, 4.69) is 5.10 Å². The van der Waals surface area contributed by atoms with Crippen LogP contribution in [0.15, 0.2) is 29.3 Å². The van der Waals surface area contributed by atoms with Crippen LogP contribution < -0.4 is 11.0 Å². The highest BCUT2D eigenvalue weighted by atomic mass is 32.2. The molecule has 0 unspecified atom stereocenters. The second-order valence-corrected chi connectivity index (χ2v) is 4.99. The minimum atomic E-state index is -0.534. The van der Waals surface area contributed by atoms with Crippen molar-refractivity contribution in [2.75, 3.05) is 23.8 Å². The number of nitrogens with two attached hydrogens (primary N) is 1. The number of aromatic nitrogens is 2. The van der Waals surface area contributed by atoms with E-state index in [4.69, 9.17) is 15.7 Å². The van der Waals surface area contributed by atoms with Gasteiger partial charge >= 0.3 is 5.97 Å². The van der Waals surface area contributed by atoms with Crippen molar-refractivity contribution in [1.29, 1.82) is 0 Å². The molecule has 0 amide bonds. The summed E-state index contributed by atoms with van der Waals surface area (Å²) in [4.78, 5) is 12.0. The molecule has 22 heavy (non-hydrogen) atoms. The zero-order valence-corrected chi connectivity index (χ0v) is 12.8. The third-order valence-corrected chi connectivity index (χ3v) is 3.55. The summed E-state index contributed by atoms with van der Waals surface area (Å²) in [5.74, 6) is -0.383. The van der Waals surface area contributed by atoms with Crippen molar-refractivity contribution in [2.45, 2.75) is 11.9 Å². The molecule has 0 saturated heterocycles. The fraction of sp³-hybridized carbons (Fsp3) is 0.231. The van der Waals surface area contributed by atoms with E-state index in [0.29, 0.717) is 10.7 Å². The molecule has 1 aromatic carbocycles. The van der Waals surface area contributed by atoms with Crippen LogP contribution in [0.4, 0.5) is 11.5 Å². The van der Waals surface area contributed by atoms with Gasteiger partial charge in [-0.05, 0) is 37.4 Å².